The Morgan fingerprint density at radius 3 is 2.32 bits per heavy atom. The molecule has 1 N–H and O–H groups in total. The monoisotopic (exact) mass is 405 g/mol. The van der Waals surface area contributed by atoms with Crippen LogP contribution in [0.3, 0.4) is 0 Å². The summed E-state index contributed by atoms with van der Waals surface area (Å²) < 4.78 is 0. The highest BCUT2D eigenvalue weighted by Gasteiger charge is 2.24. The van der Waals surface area contributed by atoms with E-state index in [1.54, 1.807) is 0 Å². The van der Waals surface area contributed by atoms with E-state index in [1.165, 1.54) is 11.1 Å². The molecule has 1 aliphatic rings. The molecule has 0 saturated carbocycles. The second-order valence-electron chi connectivity index (χ2n) is 8.09. The Hall–Kier alpha value is -3.91. The van der Waals surface area contributed by atoms with Gasteiger partial charge in [0.25, 0.3) is 0 Å². The number of fused-ring (bicyclic) bond motifs is 2. The van der Waals surface area contributed by atoms with E-state index in [4.69, 9.17) is 9.97 Å². The van der Waals surface area contributed by atoms with E-state index in [0.717, 1.165) is 40.9 Å². The van der Waals surface area contributed by atoms with Gasteiger partial charge in [0.1, 0.15) is 6.07 Å². The number of aromatic nitrogens is 2. The molecule has 0 saturated heterocycles. The Morgan fingerprint density at radius 2 is 1.65 bits per heavy atom. The van der Waals surface area contributed by atoms with E-state index in [-0.39, 0.29) is 6.04 Å². The van der Waals surface area contributed by atoms with E-state index in [2.05, 4.69) is 72.6 Å². The molecule has 5 nitrogen and oxygen atoms in total. The van der Waals surface area contributed by atoms with Crippen LogP contribution >= 0.6 is 0 Å². The number of hydrogen-bond donors (Lipinski definition) is 1. The SMILES string of the molecule is Cc1cc(C(C)Nc2ccccc2)c2nc(N3Cc4ccccc4C3)c(C#N)nc2c1. The molecule has 0 radical (unpaired) electrons. The molecule has 5 heteroatoms. The molecular formula is C26H23N5. The smallest absolute Gasteiger partial charge is 0.183 e. The van der Waals surface area contributed by atoms with Crippen LogP contribution in [0.1, 0.15) is 40.9 Å². The first-order chi connectivity index (χ1) is 15.1. The number of nitrogens with one attached hydrogen (secondary N) is 1. The molecule has 1 aromatic heterocycles. The standard InChI is InChI=1S/C26H23N5/c1-17-12-22(18(2)28-21-10-4-3-5-11-21)25-23(13-17)29-24(14-27)26(30-25)31-15-19-8-6-7-9-20(19)16-31/h3-13,18,28H,15-16H2,1-2H3. The topological polar surface area (TPSA) is 64.8 Å². The molecule has 5 rings (SSSR count). The zero-order valence-corrected chi connectivity index (χ0v) is 17.6. The van der Waals surface area contributed by atoms with Crippen molar-refractivity contribution in [2.45, 2.75) is 33.0 Å². The maximum Gasteiger partial charge on any atom is 0.183 e. The van der Waals surface area contributed by atoms with Crippen LogP contribution in [-0.4, -0.2) is 9.97 Å². The minimum absolute atomic E-state index is 0.0376. The summed E-state index contributed by atoms with van der Waals surface area (Å²) in [5, 5.41) is 13.4. The summed E-state index contributed by atoms with van der Waals surface area (Å²) >= 11 is 0. The number of aryl methyl sites for hydroxylation is 1. The van der Waals surface area contributed by atoms with Crippen LogP contribution in [0.2, 0.25) is 0 Å². The fraction of sp³-hybridized carbons (Fsp3) is 0.192. The van der Waals surface area contributed by atoms with Crippen molar-refractivity contribution < 1.29 is 0 Å². The van der Waals surface area contributed by atoms with E-state index in [1.807, 2.05) is 24.3 Å². The average Bonchev–Trinajstić information content (AvgIpc) is 3.22. The van der Waals surface area contributed by atoms with Crippen molar-refractivity contribution in [2.75, 3.05) is 10.2 Å². The van der Waals surface area contributed by atoms with Crippen LogP contribution in [0.15, 0.2) is 66.7 Å². The lowest BCUT2D eigenvalue weighted by molar-refractivity contribution is 0.847. The highest BCUT2D eigenvalue weighted by molar-refractivity contribution is 5.83. The van der Waals surface area contributed by atoms with Crippen molar-refractivity contribution >= 4 is 22.5 Å². The van der Waals surface area contributed by atoms with Gasteiger partial charge in [0, 0.05) is 24.3 Å². The van der Waals surface area contributed by atoms with Crippen molar-refractivity contribution in [3.63, 3.8) is 0 Å². The maximum atomic E-state index is 9.81. The molecule has 0 bridgehead atoms. The summed E-state index contributed by atoms with van der Waals surface area (Å²) in [4.78, 5) is 11.9. The second kappa shape index (κ2) is 7.73. The highest BCUT2D eigenvalue weighted by Crippen LogP contribution is 2.32. The largest absolute Gasteiger partial charge is 0.378 e. The van der Waals surface area contributed by atoms with Crippen molar-refractivity contribution in [1.29, 1.82) is 5.26 Å². The van der Waals surface area contributed by atoms with Crippen LogP contribution in [0.25, 0.3) is 11.0 Å². The van der Waals surface area contributed by atoms with Crippen LogP contribution in [0, 0.1) is 18.3 Å². The molecule has 0 aliphatic carbocycles. The lowest BCUT2D eigenvalue weighted by Crippen LogP contribution is -2.19. The molecule has 0 fully saturated rings. The first-order valence-electron chi connectivity index (χ1n) is 10.5. The fourth-order valence-corrected chi connectivity index (χ4v) is 4.29. The number of nitrogens with zero attached hydrogens (tertiary/aromatic N) is 4. The van der Waals surface area contributed by atoms with Gasteiger partial charge < -0.3 is 10.2 Å². The van der Waals surface area contributed by atoms with Crippen LogP contribution in [0.4, 0.5) is 11.5 Å². The van der Waals surface area contributed by atoms with Gasteiger partial charge in [0.15, 0.2) is 11.5 Å². The van der Waals surface area contributed by atoms with E-state index < -0.39 is 0 Å². The molecule has 2 heterocycles. The summed E-state index contributed by atoms with van der Waals surface area (Å²) in [6.45, 7) is 5.66. The van der Waals surface area contributed by atoms with Crippen LogP contribution in [-0.2, 0) is 13.1 Å². The highest BCUT2D eigenvalue weighted by atomic mass is 15.2. The molecule has 0 amide bonds. The Labute approximate surface area is 182 Å². The van der Waals surface area contributed by atoms with Crippen LogP contribution in [0.5, 0.6) is 0 Å². The molecule has 31 heavy (non-hydrogen) atoms. The Morgan fingerprint density at radius 1 is 0.968 bits per heavy atom. The number of benzene rings is 3. The average molecular weight is 406 g/mol. The van der Waals surface area contributed by atoms with Gasteiger partial charge >= 0.3 is 0 Å². The third-order valence-electron chi connectivity index (χ3n) is 5.80. The molecule has 152 valence electrons. The van der Waals surface area contributed by atoms with Crippen molar-refractivity contribution in [1.82, 2.24) is 9.97 Å². The number of para-hydroxylation sites is 1. The molecule has 4 aromatic rings. The van der Waals surface area contributed by atoms with Gasteiger partial charge in [-0.1, -0.05) is 48.5 Å². The lowest BCUT2D eigenvalue weighted by Gasteiger charge is -2.21. The third kappa shape index (κ3) is 3.57. The lowest BCUT2D eigenvalue weighted by atomic mass is 10.0. The van der Waals surface area contributed by atoms with Gasteiger partial charge in [0.05, 0.1) is 17.1 Å². The predicted octanol–water partition coefficient (Wildman–Crippen LogP) is 5.50. The van der Waals surface area contributed by atoms with Crippen LogP contribution < -0.4 is 10.2 Å². The van der Waals surface area contributed by atoms with Gasteiger partial charge in [-0.25, -0.2) is 9.97 Å². The van der Waals surface area contributed by atoms with Gasteiger partial charge in [-0.3, -0.25) is 0 Å². The maximum absolute atomic E-state index is 9.81. The Bertz CT molecular complexity index is 1280. The van der Waals surface area contributed by atoms with Gasteiger partial charge in [0.2, 0.25) is 0 Å². The fourth-order valence-electron chi connectivity index (χ4n) is 4.29. The van der Waals surface area contributed by atoms with Gasteiger partial charge in [-0.2, -0.15) is 5.26 Å². The van der Waals surface area contributed by atoms with E-state index >= 15 is 0 Å². The number of nitriles is 1. The molecule has 1 unspecified atom stereocenters. The number of anilines is 2. The minimum Gasteiger partial charge on any atom is -0.378 e. The second-order valence-corrected chi connectivity index (χ2v) is 8.09. The summed E-state index contributed by atoms with van der Waals surface area (Å²) in [6, 6.07) is 25.0. The molecule has 1 atom stereocenters. The van der Waals surface area contributed by atoms with E-state index in [9.17, 15) is 5.26 Å². The normalized spacial score (nSPS) is 13.6. The number of rotatable bonds is 4. The quantitative estimate of drug-likeness (QED) is 0.485. The minimum atomic E-state index is 0.0376. The van der Waals surface area contributed by atoms with Crippen molar-refractivity contribution in [3.05, 3.63) is 94.7 Å². The molecule has 0 spiro atoms. The van der Waals surface area contributed by atoms with E-state index in [0.29, 0.717) is 11.5 Å². The third-order valence-corrected chi connectivity index (χ3v) is 5.80. The summed E-state index contributed by atoms with van der Waals surface area (Å²) in [6.07, 6.45) is 0. The molecule has 1 aliphatic heterocycles. The van der Waals surface area contributed by atoms with Crippen molar-refractivity contribution in [3.8, 4) is 6.07 Å². The molecular weight excluding hydrogens is 382 g/mol. The zero-order chi connectivity index (χ0) is 21.4. The zero-order valence-electron chi connectivity index (χ0n) is 17.6. The summed E-state index contributed by atoms with van der Waals surface area (Å²) in [7, 11) is 0. The Kier molecular flexibility index (Phi) is 4.76. The summed E-state index contributed by atoms with van der Waals surface area (Å²) in [5.41, 5.74) is 7.76. The molecule has 3 aromatic carbocycles. The predicted molar refractivity (Wildman–Crippen MR) is 124 cm³/mol. The summed E-state index contributed by atoms with van der Waals surface area (Å²) in [5.74, 6) is 0.656. The number of hydrogen-bond acceptors (Lipinski definition) is 5. The first-order valence-corrected chi connectivity index (χ1v) is 10.5. The first kappa shape index (κ1) is 19.1. The van der Waals surface area contributed by atoms with Crippen molar-refractivity contribution in [2.24, 2.45) is 0 Å². The van der Waals surface area contributed by atoms with Gasteiger partial charge in [-0.05, 0) is 48.7 Å². The Balaban J connectivity index is 1.59. The van der Waals surface area contributed by atoms with Gasteiger partial charge in [-0.15, -0.1) is 0 Å².